The number of fused-ring (bicyclic) bond motifs is 1. The summed E-state index contributed by atoms with van der Waals surface area (Å²) < 4.78 is 6.90. The largest absolute Gasteiger partial charge is 0.489 e. The molecule has 96 valence electrons. The number of ether oxygens (including phenoxy) is 1. The van der Waals surface area contributed by atoms with Crippen LogP contribution < -0.4 is 10.5 Å². The molecule has 3 rings (SSSR count). The van der Waals surface area contributed by atoms with Gasteiger partial charge in [-0.05, 0) is 30.2 Å². The molecule has 0 saturated heterocycles. The van der Waals surface area contributed by atoms with Crippen LogP contribution in [0.25, 0.3) is 10.2 Å². The van der Waals surface area contributed by atoms with E-state index in [1.807, 2.05) is 37.3 Å². The molecular formula is C15H14N2OS. The molecule has 0 fully saturated rings. The molecule has 0 aliphatic carbocycles. The lowest BCUT2D eigenvalue weighted by Gasteiger charge is -2.07. The minimum atomic E-state index is 0.570. The van der Waals surface area contributed by atoms with Crippen molar-refractivity contribution < 1.29 is 4.74 Å². The van der Waals surface area contributed by atoms with E-state index in [4.69, 9.17) is 10.5 Å². The number of hydrogen-bond acceptors (Lipinski definition) is 4. The fourth-order valence-corrected chi connectivity index (χ4v) is 2.85. The topological polar surface area (TPSA) is 48.1 Å². The van der Waals surface area contributed by atoms with Crippen LogP contribution in [0.4, 0.5) is 5.13 Å². The zero-order valence-electron chi connectivity index (χ0n) is 10.6. The fraction of sp³-hybridized carbons (Fsp3) is 0.133. The molecule has 1 aromatic heterocycles. The second-order valence-electron chi connectivity index (χ2n) is 4.41. The van der Waals surface area contributed by atoms with Crippen molar-refractivity contribution in [2.75, 3.05) is 5.73 Å². The second-order valence-corrected chi connectivity index (χ2v) is 5.48. The SMILES string of the molecule is Cc1cc(OCc2ccccc2)cc2sc(N)nc12. The minimum absolute atomic E-state index is 0.570. The third-order valence-electron chi connectivity index (χ3n) is 2.92. The number of aromatic nitrogens is 1. The highest BCUT2D eigenvalue weighted by Gasteiger charge is 2.07. The van der Waals surface area contributed by atoms with Gasteiger partial charge in [0.05, 0.1) is 10.2 Å². The highest BCUT2D eigenvalue weighted by atomic mass is 32.1. The van der Waals surface area contributed by atoms with Crippen molar-refractivity contribution in [3.05, 3.63) is 53.6 Å². The lowest BCUT2D eigenvalue weighted by molar-refractivity contribution is 0.306. The average Bonchev–Trinajstić information content (AvgIpc) is 2.79. The number of hydrogen-bond donors (Lipinski definition) is 1. The Morgan fingerprint density at radius 1 is 1.21 bits per heavy atom. The maximum atomic E-state index is 5.83. The van der Waals surface area contributed by atoms with Gasteiger partial charge in [-0.1, -0.05) is 41.7 Å². The number of aryl methyl sites for hydroxylation is 1. The third-order valence-corrected chi connectivity index (χ3v) is 3.76. The molecule has 3 nitrogen and oxygen atoms in total. The molecule has 0 unspecified atom stereocenters. The maximum Gasteiger partial charge on any atom is 0.181 e. The van der Waals surface area contributed by atoms with Gasteiger partial charge in [0.25, 0.3) is 0 Å². The van der Waals surface area contributed by atoms with Crippen LogP contribution in [0.1, 0.15) is 11.1 Å². The lowest BCUT2D eigenvalue weighted by Crippen LogP contribution is -1.95. The normalized spacial score (nSPS) is 10.8. The fourth-order valence-electron chi connectivity index (χ4n) is 2.01. The zero-order chi connectivity index (χ0) is 13.2. The van der Waals surface area contributed by atoms with Crippen LogP contribution in [-0.2, 0) is 6.61 Å². The van der Waals surface area contributed by atoms with E-state index < -0.39 is 0 Å². The maximum absolute atomic E-state index is 5.83. The molecule has 19 heavy (non-hydrogen) atoms. The molecular weight excluding hydrogens is 256 g/mol. The molecule has 2 aromatic carbocycles. The molecule has 0 atom stereocenters. The Balaban J connectivity index is 1.85. The van der Waals surface area contributed by atoms with Crippen molar-refractivity contribution >= 4 is 26.7 Å². The summed E-state index contributed by atoms with van der Waals surface area (Å²) in [5.41, 5.74) is 8.96. The van der Waals surface area contributed by atoms with Gasteiger partial charge in [0, 0.05) is 0 Å². The summed E-state index contributed by atoms with van der Waals surface area (Å²) in [7, 11) is 0. The van der Waals surface area contributed by atoms with Crippen molar-refractivity contribution in [1.29, 1.82) is 0 Å². The number of thiazole rings is 1. The number of anilines is 1. The number of nitrogens with two attached hydrogens (primary N) is 1. The van der Waals surface area contributed by atoms with E-state index in [1.165, 1.54) is 11.3 Å². The predicted octanol–water partition coefficient (Wildman–Crippen LogP) is 3.77. The average molecular weight is 270 g/mol. The van der Waals surface area contributed by atoms with Gasteiger partial charge >= 0.3 is 0 Å². The van der Waals surface area contributed by atoms with Crippen LogP contribution >= 0.6 is 11.3 Å². The summed E-state index contributed by atoms with van der Waals surface area (Å²) in [5.74, 6) is 0.859. The number of rotatable bonds is 3. The monoisotopic (exact) mass is 270 g/mol. The second kappa shape index (κ2) is 4.90. The number of nitrogen functional groups attached to an aromatic ring is 1. The van der Waals surface area contributed by atoms with Crippen LogP contribution in [0.3, 0.4) is 0 Å². The first-order valence-corrected chi connectivity index (χ1v) is 6.87. The van der Waals surface area contributed by atoms with Gasteiger partial charge in [-0.25, -0.2) is 4.98 Å². The van der Waals surface area contributed by atoms with E-state index in [0.29, 0.717) is 11.7 Å². The minimum Gasteiger partial charge on any atom is -0.489 e. The highest BCUT2D eigenvalue weighted by molar-refractivity contribution is 7.22. The van der Waals surface area contributed by atoms with Gasteiger partial charge in [-0.3, -0.25) is 0 Å². The van der Waals surface area contributed by atoms with E-state index in [0.717, 1.165) is 27.1 Å². The number of nitrogens with zero attached hydrogens (tertiary/aromatic N) is 1. The Hall–Kier alpha value is -2.07. The quantitative estimate of drug-likeness (QED) is 0.788. The zero-order valence-corrected chi connectivity index (χ0v) is 11.4. The number of benzene rings is 2. The first-order valence-electron chi connectivity index (χ1n) is 6.06. The van der Waals surface area contributed by atoms with Crippen LogP contribution in [0.15, 0.2) is 42.5 Å². The summed E-state index contributed by atoms with van der Waals surface area (Å²) >= 11 is 1.49. The molecule has 4 heteroatoms. The van der Waals surface area contributed by atoms with Gasteiger partial charge in [-0.15, -0.1) is 0 Å². The van der Waals surface area contributed by atoms with Gasteiger partial charge in [0.1, 0.15) is 12.4 Å². The smallest absolute Gasteiger partial charge is 0.181 e. The van der Waals surface area contributed by atoms with Crippen molar-refractivity contribution in [2.24, 2.45) is 0 Å². The van der Waals surface area contributed by atoms with Gasteiger partial charge in [0.2, 0.25) is 0 Å². The molecule has 0 spiro atoms. The van der Waals surface area contributed by atoms with Gasteiger partial charge < -0.3 is 10.5 Å². The summed E-state index contributed by atoms with van der Waals surface area (Å²) in [6.45, 7) is 2.59. The van der Waals surface area contributed by atoms with E-state index >= 15 is 0 Å². The Bertz CT molecular complexity index is 707. The molecule has 0 saturated carbocycles. The van der Waals surface area contributed by atoms with Crippen LogP contribution in [0.5, 0.6) is 5.75 Å². The molecule has 0 aliphatic heterocycles. The van der Waals surface area contributed by atoms with Crippen molar-refractivity contribution in [3.63, 3.8) is 0 Å². The highest BCUT2D eigenvalue weighted by Crippen LogP contribution is 2.30. The Morgan fingerprint density at radius 3 is 2.79 bits per heavy atom. The Morgan fingerprint density at radius 2 is 2.00 bits per heavy atom. The summed E-state index contributed by atoms with van der Waals surface area (Å²) in [6.07, 6.45) is 0. The molecule has 0 aliphatic rings. The Labute approximate surface area is 115 Å². The third kappa shape index (κ3) is 2.53. The molecule has 3 aromatic rings. The summed E-state index contributed by atoms with van der Waals surface area (Å²) in [4.78, 5) is 4.31. The molecule has 0 radical (unpaired) electrons. The van der Waals surface area contributed by atoms with Crippen molar-refractivity contribution in [3.8, 4) is 5.75 Å². The Kier molecular flexibility index (Phi) is 3.09. The van der Waals surface area contributed by atoms with E-state index in [9.17, 15) is 0 Å². The standard InChI is InChI=1S/C15H14N2OS/c1-10-7-12(8-13-14(10)17-15(16)19-13)18-9-11-5-3-2-4-6-11/h2-8H,9H2,1H3,(H2,16,17). The lowest BCUT2D eigenvalue weighted by atomic mass is 10.2. The van der Waals surface area contributed by atoms with Crippen LogP contribution in [0, 0.1) is 6.92 Å². The van der Waals surface area contributed by atoms with Gasteiger partial charge in [-0.2, -0.15) is 0 Å². The van der Waals surface area contributed by atoms with Gasteiger partial charge in [0.15, 0.2) is 5.13 Å². The van der Waals surface area contributed by atoms with E-state index in [-0.39, 0.29) is 0 Å². The van der Waals surface area contributed by atoms with Crippen molar-refractivity contribution in [1.82, 2.24) is 4.98 Å². The van der Waals surface area contributed by atoms with E-state index in [1.54, 1.807) is 0 Å². The van der Waals surface area contributed by atoms with Crippen LogP contribution in [-0.4, -0.2) is 4.98 Å². The molecule has 1 heterocycles. The van der Waals surface area contributed by atoms with E-state index in [2.05, 4.69) is 17.1 Å². The molecule has 0 amide bonds. The predicted molar refractivity (Wildman–Crippen MR) is 79.5 cm³/mol. The summed E-state index contributed by atoms with van der Waals surface area (Å²) in [5, 5.41) is 0.596. The molecule has 2 N–H and O–H groups in total. The molecule has 0 bridgehead atoms. The van der Waals surface area contributed by atoms with Crippen LogP contribution in [0.2, 0.25) is 0 Å². The van der Waals surface area contributed by atoms with Crippen molar-refractivity contribution in [2.45, 2.75) is 13.5 Å². The first kappa shape index (κ1) is 12.0. The summed E-state index contributed by atoms with van der Waals surface area (Å²) in [6, 6.07) is 14.1. The first-order chi connectivity index (χ1) is 9.22.